The number of nitrogens with one attached hydrogen (secondary N) is 2. The van der Waals surface area contributed by atoms with Crippen LogP contribution in [0.2, 0.25) is 0 Å². The van der Waals surface area contributed by atoms with Gasteiger partial charge in [-0.2, -0.15) is 0 Å². The van der Waals surface area contributed by atoms with Gasteiger partial charge in [0, 0.05) is 13.2 Å². The first-order valence-electron chi connectivity index (χ1n) is 7.41. The normalized spacial score (nSPS) is 12.2. The number of hydrogen-bond donors (Lipinski definition) is 3. The first-order chi connectivity index (χ1) is 9.71. The van der Waals surface area contributed by atoms with Gasteiger partial charge in [0.2, 0.25) is 0 Å². The van der Waals surface area contributed by atoms with Gasteiger partial charge in [0.1, 0.15) is 0 Å². The molecule has 0 fully saturated rings. The van der Waals surface area contributed by atoms with Gasteiger partial charge in [0.25, 0.3) is 0 Å². The molecule has 1 rings (SSSR count). The van der Waals surface area contributed by atoms with Crippen LogP contribution in [-0.2, 0) is 0 Å². The molecule has 1 atom stereocenters. The van der Waals surface area contributed by atoms with E-state index in [-0.39, 0.29) is 18.7 Å². The van der Waals surface area contributed by atoms with Crippen molar-refractivity contribution in [2.45, 2.75) is 39.2 Å². The molecule has 3 N–H and O–H groups in total. The molecule has 0 aliphatic heterocycles. The zero-order valence-electron chi connectivity index (χ0n) is 12.4. The Balaban J connectivity index is 2.51. The number of carbonyl (C=O) groups excluding carboxylic acids is 1. The zero-order chi connectivity index (χ0) is 14.8. The Kier molecular flexibility index (Phi) is 7.73. The largest absolute Gasteiger partial charge is 0.396 e. The van der Waals surface area contributed by atoms with Crippen LogP contribution in [0, 0.1) is 5.92 Å². The minimum Gasteiger partial charge on any atom is -0.396 e. The van der Waals surface area contributed by atoms with Crippen LogP contribution < -0.4 is 10.6 Å². The standard InChI is InChI=1S/C16H26N2O2/c1-3-13(4-2)12-17-16(20)18-15(10-11-19)14-8-6-5-7-9-14/h5-9,13,15,19H,3-4,10-12H2,1-2H3,(H2,17,18,20)/t15-/m1/s1. The Morgan fingerprint density at radius 2 is 1.85 bits per heavy atom. The summed E-state index contributed by atoms with van der Waals surface area (Å²) >= 11 is 0. The molecular formula is C16H26N2O2. The molecule has 0 radical (unpaired) electrons. The minimum absolute atomic E-state index is 0.0480. The summed E-state index contributed by atoms with van der Waals surface area (Å²) in [4.78, 5) is 11.9. The van der Waals surface area contributed by atoms with Crippen LogP contribution in [0.4, 0.5) is 4.79 Å². The molecule has 2 amide bonds. The van der Waals surface area contributed by atoms with E-state index in [9.17, 15) is 4.79 Å². The molecule has 0 heterocycles. The van der Waals surface area contributed by atoms with Crippen LogP contribution in [-0.4, -0.2) is 24.3 Å². The number of rotatable bonds is 8. The molecule has 112 valence electrons. The molecule has 20 heavy (non-hydrogen) atoms. The quantitative estimate of drug-likeness (QED) is 0.684. The Labute approximate surface area is 121 Å². The first-order valence-corrected chi connectivity index (χ1v) is 7.41. The summed E-state index contributed by atoms with van der Waals surface area (Å²) < 4.78 is 0. The smallest absolute Gasteiger partial charge is 0.315 e. The Hall–Kier alpha value is -1.55. The summed E-state index contributed by atoms with van der Waals surface area (Å²) in [7, 11) is 0. The predicted octanol–water partition coefficient (Wildman–Crippen LogP) is 2.85. The van der Waals surface area contributed by atoms with Gasteiger partial charge in [-0.05, 0) is 17.9 Å². The molecule has 0 saturated carbocycles. The van der Waals surface area contributed by atoms with Crippen LogP contribution in [0.5, 0.6) is 0 Å². The van der Waals surface area contributed by atoms with E-state index in [1.165, 1.54) is 0 Å². The summed E-state index contributed by atoms with van der Waals surface area (Å²) in [6.45, 7) is 5.00. The van der Waals surface area contributed by atoms with Gasteiger partial charge in [-0.25, -0.2) is 4.79 Å². The minimum atomic E-state index is -0.167. The Morgan fingerprint density at radius 1 is 1.20 bits per heavy atom. The van der Waals surface area contributed by atoms with Crippen molar-refractivity contribution in [2.75, 3.05) is 13.2 Å². The van der Waals surface area contributed by atoms with Gasteiger partial charge in [0.15, 0.2) is 0 Å². The molecule has 1 aromatic carbocycles. The van der Waals surface area contributed by atoms with Crippen molar-refractivity contribution < 1.29 is 9.90 Å². The topological polar surface area (TPSA) is 61.4 Å². The number of benzene rings is 1. The van der Waals surface area contributed by atoms with E-state index in [0.29, 0.717) is 18.9 Å². The predicted molar refractivity (Wildman–Crippen MR) is 81.5 cm³/mol. The SMILES string of the molecule is CCC(CC)CNC(=O)N[C@H](CCO)c1ccccc1. The zero-order valence-corrected chi connectivity index (χ0v) is 12.4. The van der Waals surface area contributed by atoms with Crippen LogP contribution in [0.15, 0.2) is 30.3 Å². The molecule has 0 aromatic heterocycles. The molecule has 0 aliphatic rings. The fourth-order valence-corrected chi connectivity index (χ4v) is 2.16. The lowest BCUT2D eigenvalue weighted by Crippen LogP contribution is -2.40. The highest BCUT2D eigenvalue weighted by Crippen LogP contribution is 2.15. The van der Waals surface area contributed by atoms with Crippen molar-refractivity contribution in [3.63, 3.8) is 0 Å². The van der Waals surface area contributed by atoms with Crippen molar-refractivity contribution in [1.29, 1.82) is 0 Å². The summed E-state index contributed by atoms with van der Waals surface area (Å²) in [5.41, 5.74) is 1.01. The van der Waals surface area contributed by atoms with Gasteiger partial charge in [-0.1, -0.05) is 57.0 Å². The van der Waals surface area contributed by atoms with Crippen molar-refractivity contribution in [2.24, 2.45) is 5.92 Å². The number of carbonyl (C=O) groups is 1. The third-order valence-electron chi connectivity index (χ3n) is 3.63. The summed E-state index contributed by atoms with van der Waals surface area (Å²) in [6, 6.07) is 9.41. The average molecular weight is 278 g/mol. The fourth-order valence-electron chi connectivity index (χ4n) is 2.16. The molecular weight excluding hydrogens is 252 g/mol. The van der Waals surface area contributed by atoms with Gasteiger partial charge in [-0.3, -0.25) is 0 Å². The molecule has 1 aromatic rings. The van der Waals surface area contributed by atoms with E-state index < -0.39 is 0 Å². The highest BCUT2D eigenvalue weighted by atomic mass is 16.3. The van der Waals surface area contributed by atoms with E-state index in [2.05, 4.69) is 24.5 Å². The Bertz CT molecular complexity index is 377. The summed E-state index contributed by atoms with van der Waals surface area (Å²) in [6.07, 6.45) is 2.65. The molecule has 0 aliphatic carbocycles. The van der Waals surface area contributed by atoms with E-state index in [0.717, 1.165) is 18.4 Å². The molecule has 4 nitrogen and oxygen atoms in total. The van der Waals surface area contributed by atoms with Crippen molar-refractivity contribution in [3.8, 4) is 0 Å². The van der Waals surface area contributed by atoms with Crippen molar-refractivity contribution in [1.82, 2.24) is 10.6 Å². The maximum atomic E-state index is 11.9. The molecule has 0 bridgehead atoms. The number of urea groups is 1. The van der Waals surface area contributed by atoms with Crippen LogP contribution in [0.3, 0.4) is 0 Å². The summed E-state index contributed by atoms with van der Waals surface area (Å²) in [5, 5.41) is 15.0. The number of aliphatic hydroxyl groups is 1. The lowest BCUT2D eigenvalue weighted by atomic mass is 10.0. The van der Waals surface area contributed by atoms with Crippen LogP contribution in [0.25, 0.3) is 0 Å². The number of hydrogen-bond acceptors (Lipinski definition) is 2. The van der Waals surface area contributed by atoms with E-state index >= 15 is 0 Å². The van der Waals surface area contributed by atoms with Gasteiger partial charge < -0.3 is 15.7 Å². The van der Waals surface area contributed by atoms with Crippen LogP contribution >= 0.6 is 0 Å². The van der Waals surface area contributed by atoms with Crippen molar-refractivity contribution >= 4 is 6.03 Å². The van der Waals surface area contributed by atoms with E-state index in [1.807, 2.05) is 30.3 Å². The molecule has 0 saturated heterocycles. The van der Waals surface area contributed by atoms with E-state index in [4.69, 9.17) is 5.11 Å². The molecule has 0 spiro atoms. The third kappa shape index (κ3) is 5.61. The lowest BCUT2D eigenvalue weighted by Gasteiger charge is -2.20. The lowest BCUT2D eigenvalue weighted by molar-refractivity contribution is 0.227. The van der Waals surface area contributed by atoms with Gasteiger partial charge in [-0.15, -0.1) is 0 Å². The Morgan fingerprint density at radius 3 is 2.40 bits per heavy atom. The highest BCUT2D eigenvalue weighted by Gasteiger charge is 2.14. The van der Waals surface area contributed by atoms with Crippen LogP contribution in [0.1, 0.15) is 44.7 Å². The van der Waals surface area contributed by atoms with E-state index in [1.54, 1.807) is 0 Å². The summed E-state index contributed by atoms with van der Waals surface area (Å²) in [5.74, 6) is 0.522. The molecule has 0 unspecified atom stereocenters. The van der Waals surface area contributed by atoms with Gasteiger partial charge in [0.05, 0.1) is 6.04 Å². The monoisotopic (exact) mass is 278 g/mol. The molecule has 4 heteroatoms. The number of aliphatic hydroxyl groups excluding tert-OH is 1. The fraction of sp³-hybridized carbons (Fsp3) is 0.562. The second kappa shape index (κ2) is 9.37. The third-order valence-corrected chi connectivity index (χ3v) is 3.63. The number of amides is 2. The highest BCUT2D eigenvalue weighted by molar-refractivity contribution is 5.74. The average Bonchev–Trinajstić information content (AvgIpc) is 2.49. The van der Waals surface area contributed by atoms with Crippen molar-refractivity contribution in [3.05, 3.63) is 35.9 Å². The maximum Gasteiger partial charge on any atom is 0.315 e. The first kappa shape index (κ1) is 16.5. The second-order valence-electron chi connectivity index (χ2n) is 5.01. The second-order valence-corrected chi connectivity index (χ2v) is 5.01. The maximum absolute atomic E-state index is 11.9. The van der Waals surface area contributed by atoms with Gasteiger partial charge >= 0.3 is 6.03 Å².